The lowest BCUT2D eigenvalue weighted by Gasteiger charge is -2.14. The van der Waals surface area contributed by atoms with Crippen LogP contribution in [-0.4, -0.2) is 22.9 Å². The van der Waals surface area contributed by atoms with E-state index in [0.29, 0.717) is 5.69 Å². The Hall–Kier alpha value is -1.90. The van der Waals surface area contributed by atoms with Crippen molar-refractivity contribution in [3.8, 4) is 0 Å². The molecule has 0 bridgehead atoms. The molecule has 1 fully saturated rings. The normalized spacial score (nSPS) is 15.1. The Balaban J connectivity index is 1.94. The van der Waals surface area contributed by atoms with Crippen molar-refractivity contribution in [3.63, 3.8) is 0 Å². The molecule has 0 amide bonds. The van der Waals surface area contributed by atoms with Crippen LogP contribution in [0.1, 0.15) is 24.0 Å². The Labute approximate surface area is 148 Å². The van der Waals surface area contributed by atoms with Gasteiger partial charge in [-0.05, 0) is 56.0 Å². The van der Waals surface area contributed by atoms with Gasteiger partial charge < -0.3 is 0 Å². The van der Waals surface area contributed by atoms with Gasteiger partial charge in [-0.25, -0.2) is 21.6 Å². The molecule has 0 aromatic heterocycles. The van der Waals surface area contributed by atoms with E-state index in [1.165, 1.54) is 24.3 Å². The molecule has 1 aliphatic rings. The highest BCUT2D eigenvalue weighted by atomic mass is 32.2. The second-order valence-corrected chi connectivity index (χ2v) is 9.64. The first-order valence-corrected chi connectivity index (χ1v) is 10.9. The van der Waals surface area contributed by atoms with E-state index in [-0.39, 0.29) is 15.8 Å². The summed E-state index contributed by atoms with van der Waals surface area (Å²) in [6.07, 6.45) is 1.62. The minimum Gasteiger partial charge on any atom is -0.279 e. The van der Waals surface area contributed by atoms with Crippen LogP contribution < -0.4 is 9.44 Å². The quantitative estimate of drug-likeness (QED) is 0.805. The fourth-order valence-electron chi connectivity index (χ4n) is 2.47. The molecule has 0 radical (unpaired) electrons. The molecule has 6 nitrogen and oxygen atoms in total. The van der Waals surface area contributed by atoms with Crippen LogP contribution >= 0.6 is 0 Å². The second kappa shape index (κ2) is 6.44. The van der Waals surface area contributed by atoms with Crippen molar-refractivity contribution >= 4 is 25.7 Å². The maximum absolute atomic E-state index is 12.7. The summed E-state index contributed by atoms with van der Waals surface area (Å²) in [5.41, 5.74) is 2.09. The van der Waals surface area contributed by atoms with Gasteiger partial charge in [0.1, 0.15) is 0 Å². The van der Waals surface area contributed by atoms with Gasteiger partial charge in [0, 0.05) is 6.04 Å². The molecule has 0 saturated heterocycles. The summed E-state index contributed by atoms with van der Waals surface area (Å²) < 4.78 is 55.1. The molecule has 1 saturated carbocycles. The van der Waals surface area contributed by atoms with Crippen molar-refractivity contribution in [2.45, 2.75) is 42.5 Å². The largest absolute Gasteiger partial charge is 0.279 e. The average molecular weight is 380 g/mol. The molecule has 0 heterocycles. The fourth-order valence-corrected chi connectivity index (χ4v) is 5.14. The maximum atomic E-state index is 12.7. The van der Waals surface area contributed by atoms with Gasteiger partial charge in [-0.3, -0.25) is 4.72 Å². The number of hydrogen-bond donors (Lipinski definition) is 2. The predicted octanol–water partition coefficient (Wildman–Crippen LogP) is 2.54. The zero-order valence-corrected chi connectivity index (χ0v) is 15.6. The van der Waals surface area contributed by atoms with Crippen molar-refractivity contribution in [2.24, 2.45) is 0 Å². The standard InChI is InChI=1S/C17H20N2O4S2/c1-12-5-3-6-13(2)17(12)19-25(22,23)16-8-4-7-15(11-16)24(20,21)18-14-9-10-14/h3-8,11,14,18-19H,9-10H2,1-2H3. The van der Waals surface area contributed by atoms with Gasteiger partial charge in [0.2, 0.25) is 10.0 Å². The van der Waals surface area contributed by atoms with Gasteiger partial charge in [0.15, 0.2) is 0 Å². The van der Waals surface area contributed by atoms with Crippen molar-refractivity contribution in [1.82, 2.24) is 4.72 Å². The highest BCUT2D eigenvalue weighted by Crippen LogP contribution is 2.26. The van der Waals surface area contributed by atoms with Crippen LogP contribution in [0.5, 0.6) is 0 Å². The minimum atomic E-state index is -3.90. The van der Waals surface area contributed by atoms with E-state index in [2.05, 4.69) is 9.44 Å². The molecule has 0 spiro atoms. The van der Waals surface area contributed by atoms with Crippen molar-refractivity contribution in [1.29, 1.82) is 0 Å². The summed E-state index contributed by atoms with van der Waals surface area (Å²) in [5, 5.41) is 0. The van der Waals surface area contributed by atoms with Crippen molar-refractivity contribution < 1.29 is 16.8 Å². The Morgan fingerprint density at radius 1 is 0.840 bits per heavy atom. The van der Waals surface area contributed by atoms with Gasteiger partial charge in [-0.1, -0.05) is 24.3 Å². The van der Waals surface area contributed by atoms with Crippen LogP contribution in [0.3, 0.4) is 0 Å². The van der Waals surface area contributed by atoms with Crippen LogP contribution in [0.15, 0.2) is 52.3 Å². The highest BCUT2D eigenvalue weighted by molar-refractivity contribution is 7.93. The Bertz CT molecular complexity index is 990. The lowest BCUT2D eigenvalue weighted by molar-refractivity contribution is 0.580. The third kappa shape index (κ3) is 4.02. The van der Waals surface area contributed by atoms with Gasteiger partial charge >= 0.3 is 0 Å². The van der Waals surface area contributed by atoms with E-state index in [0.717, 1.165) is 24.0 Å². The first-order chi connectivity index (χ1) is 11.7. The zero-order valence-electron chi connectivity index (χ0n) is 14.0. The van der Waals surface area contributed by atoms with Crippen LogP contribution in [0.4, 0.5) is 5.69 Å². The molecule has 2 N–H and O–H groups in total. The molecule has 1 aliphatic carbocycles. The number of hydrogen-bond acceptors (Lipinski definition) is 4. The summed E-state index contributed by atoms with van der Waals surface area (Å²) in [5.74, 6) is 0. The predicted molar refractivity (Wildman–Crippen MR) is 96.5 cm³/mol. The Kier molecular flexibility index (Phi) is 4.61. The number of nitrogens with one attached hydrogen (secondary N) is 2. The Morgan fingerprint density at radius 2 is 1.36 bits per heavy atom. The molecule has 3 rings (SSSR count). The number of rotatable bonds is 6. The molecule has 2 aromatic carbocycles. The Morgan fingerprint density at radius 3 is 1.92 bits per heavy atom. The monoisotopic (exact) mass is 380 g/mol. The number of aryl methyl sites for hydroxylation is 2. The average Bonchev–Trinajstić information content (AvgIpc) is 3.35. The first kappa shape index (κ1) is 17.9. The summed E-state index contributed by atoms with van der Waals surface area (Å²) in [6.45, 7) is 3.62. The molecular weight excluding hydrogens is 360 g/mol. The molecule has 0 aliphatic heterocycles. The van der Waals surface area contributed by atoms with Crippen molar-refractivity contribution in [3.05, 3.63) is 53.6 Å². The topological polar surface area (TPSA) is 92.3 Å². The van der Waals surface area contributed by atoms with E-state index < -0.39 is 20.0 Å². The van der Waals surface area contributed by atoms with Gasteiger partial charge in [0.25, 0.3) is 10.0 Å². The summed E-state index contributed by atoms with van der Waals surface area (Å²) in [7, 11) is -7.61. The number of anilines is 1. The molecular formula is C17H20N2O4S2. The molecule has 25 heavy (non-hydrogen) atoms. The lowest BCUT2D eigenvalue weighted by Crippen LogP contribution is -2.26. The number of benzene rings is 2. The van der Waals surface area contributed by atoms with Crippen molar-refractivity contribution in [2.75, 3.05) is 4.72 Å². The zero-order chi connectivity index (χ0) is 18.2. The number of para-hydroxylation sites is 1. The van der Waals surface area contributed by atoms with Gasteiger partial charge in [-0.15, -0.1) is 0 Å². The first-order valence-electron chi connectivity index (χ1n) is 7.90. The molecule has 0 atom stereocenters. The molecule has 0 unspecified atom stereocenters. The third-order valence-corrected chi connectivity index (χ3v) is 6.91. The highest BCUT2D eigenvalue weighted by Gasteiger charge is 2.28. The SMILES string of the molecule is Cc1cccc(C)c1NS(=O)(=O)c1cccc(S(=O)(=O)NC2CC2)c1. The lowest BCUT2D eigenvalue weighted by atomic mass is 10.1. The maximum Gasteiger partial charge on any atom is 0.261 e. The van der Waals surface area contributed by atoms with E-state index in [1.54, 1.807) is 0 Å². The number of sulfonamides is 2. The summed E-state index contributed by atoms with van der Waals surface area (Å²) in [6, 6.07) is 10.8. The van der Waals surface area contributed by atoms with Crippen LogP contribution in [0.2, 0.25) is 0 Å². The second-order valence-electron chi connectivity index (χ2n) is 6.24. The fraction of sp³-hybridized carbons (Fsp3) is 0.294. The van der Waals surface area contributed by atoms with Crippen LogP contribution in [0, 0.1) is 13.8 Å². The third-order valence-electron chi connectivity index (χ3n) is 4.04. The summed E-state index contributed by atoms with van der Waals surface area (Å²) in [4.78, 5) is -0.141. The van der Waals surface area contributed by atoms with E-state index in [1.807, 2.05) is 32.0 Å². The molecule has 2 aromatic rings. The smallest absolute Gasteiger partial charge is 0.261 e. The minimum absolute atomic E-state index is 0.0435. The van der Waals surface area contributed by atoms with Gasteiger partial charge in [0.05, 0.1) is 15.5 Å². The van der Waals surface area contributed by atoms with Gasteiger partial charge in [-0.2, -0.15) is 0 Å². The van der Waals surface area contributed by atoms with E-state index in [4.69, 9.17) is 0 Å². The van der Waals surface area contributed by atoms with E-state index >= 15 is 0 Å². The van der Waals surface area contributed by atoms with Crippen LogP contribution in [-0.2, 0) is 20.0 Å². The molecule has 134 valence electrons. The molecule has 8 heteroatoms. The summed E-state index contributed by atoms with van der Waals surface area (Å²) >= 11 is 0. The van der Waals surface area contributed by atoms with Crippen LogP contribution in [0.25, 0.3) is 0 Å². The van der Waals surface area contributed by atoms with E-state index in [9.17, 15) is 16.8 Å².